The number of nitrogens with zero attached hydrogens (tertiary/aromatic N) is 1. The van der Waals surface area contributed by atoms with Gasteiger partial charge in [0.15, 0.2) is 0 Å². The van der Waals surface area contributed by atoms with Crippen LogP contribution in [0.2, 0.25) is 0 Å². The molecule has 3 amide bonds. The first-order valence-electron chi connectivity index (χ1n) is 9.41. The molecule has 1 aromatic rings. The Balaban J connectivity index is 2.50. The second-order valence-electron chi connectivity index (χ2n) is 6.48. The normalized spacial score (nSPS) is 11.6. The molecule has 7 heteroatoms. The molecule has 0 bridgehead atoms. The predicted octanol–water partition coefficient (Wildman–Crippen LogP) is 2.82. The summed E-state index contributed by atoms with van der Waals surface area (Å²) in [6, 6.07) is 7.57. The Hall–Kier alpha value is -2.02. The van der Waals surface area contributed by atoms with Crippen molar-refractivity contribution < 1.29 is 14.4 Å². The summed E-state index contributed by atoms with van der Waals surface area (Å²) in [5, 5.41) is 5.23. The van der Waals surface area contributed by atoms with Gasteiger partial charge in [0, 0.05) is 18.8 Å². The summed E-state index contributed by atoms with van der Waals surface area (Å²) in [4.78, 5) is 38.2. The third-order valence-corrected chi connectivity index (χ3v) is 4.99. The molecule has 0 heterocycles. The molecule has 0 aromatic heterocycles. The fourth-order valence-electron chi connectivity index (χ4n) is 2.39. The van der Waals surface area contributed by atoms with Crippen molar-refractivity contribution in [2.24, 2.45) is 0 Å². The van der Waals surface area contributed by atoms with Crippen LogP contribution in [-0.2, 0) is 14.4 Å². The molecule has 0 spiro atoms. The zero-order valence-corrected chi connectivity index (χ0v) is 17.5. The van der Waals surface area contributed by atoms with E-state index in [0.717, 1.165) is 24.1 Å². The second-order valence-corrected chi connectivity index (χ2v) is 7.81. The van der Waals surface area contributed by atoms with E-state index >= 15 is 0 Å². The average Bonchev–Trinajstić information content (AvgIpc) is 2.65. The van der Waals surface area contributed by atoms with Crippen molar-refractivity contribution in [3.8, 4) is 0 Å². The fraction of sp³-hybridized carbons (Fsp3) is 0.550. The van der Waals surface area contributed by atoms with E-state index in [1.54, 1.807) is 11.8 Å². The summed E-state index contributed by atoms with van der Waals surface area (Å²) >= 11 is 1.28. The summed E-state index contributed by atoms with van der Waals surface area (Å²) in [5.74, 6) is -0.223. The van der Waals surface area contributed by atoms with E-state index in [1.165, 1.54) is 11.8 Å². The van der Waals surface area contributed by atoms with Crippen molar-refractivity contribution in [2.45, 2.75) is 45.8 Å². The number of rotatable bonds is 11. The second kappa shape index (κ2) is 12.4. The lowest BCUT2D eigenvalue weighted by molar-refractivity contribution is -0.135. The standard InChI is InChI=1S/C20H31N3O3S/c1-5-11-21-18(24)13-23(12-6-2)20(26)16(4)27-14-19(25)22-17-9-7-15(3)8-10-17/h7-10,16H,5-6,11-14H2,1-4H3,(H,21,24)(H,22,25). The Labute approximate surface area is 166 Å². The lowest BCUT2D eigenvalue weighted by Gasteiger charge is -2.24. The van der Waals surface area contributed by atoms with E-state index in [0.29, 0.717) is 13.1 Å². The highest BCUT2D eigenvalue weighted by atomic mass is 32.2. The number of carbonyl (C=O) groups is 3. The van der Waals surface area contributed by atoms with E-state index in [4.69, 9.17) is 0 Å². The van der Waals surface area contributed by atoms with Crippen LogP contribution in [0.3, 0.4) is 0 Å². The lowest BCUT2D eigenvalue weighted by atomic mass is 10.2. The van der Waals surface area contributed by atoms with E-state index in [2.05, 4.69) is 10.6 Å². The largest absolute Gasteiger partial charge is 0.355 e. The molecule has 0 aliphatic heterocycles. The molecule has 0 fully saturated rings. The van der Waals surface area contributed by atoms with Crippen LogP contribution in [0.4, 0.5) is 5.69 Å². The van der Waals surface area contributed by atoms with Gasteiger partial charge in [0.2, 0.25) is 17.7 Å². The van der Waals surface area contributed by atoms with Gasteiger partial charge in [-0.1, -0.05) is 31.5 Å². The Kier molecular flexibility index (Phi) is 10.6. The molecule has 2 N–H and O–H groups in total. The fourth-order valence-corrected chi connectivity index (χ4v) is 3.16. The van der Waals surface area contributed by atoms with Crippen LogP contribution in [0.1, 0.15) is 39.2 Å². The van der Waals surface area contributed by atoms with E-state index in [9.17, 15) is 14.4 Å². The highest BCUT2D eigenvalue weighted by Gasteiger charge is 2.23. The van der Waals surface area contributed by atoms with Crippen LogP contribution in [-0.4, -0.2) is 53.3 Å². The highest BCUT2D eigenvalue weighted by molar-refractivity contribution is 8.01. The number of anilines is 1. The van der Waals surface area contributed by atoms with Gasteiger partial charge in [-0.3, -0.25) is 14.4 Å². The number of hydrogen-bond acceptors (Lipinski definition) is 4. The van der Waals surface area contributed by atoms with Crippen LogP contribution in [0.15, 0.2) is 24.3 Å². The van der Waals surface area contributed by atoms with Crippen molar-refractivity contribution in [1.82, 2.24) is 10.2 Å². The first-order valence-corrected chi connectivity index (χ1v) is 10.5. The van der Waals surface area contributed by atoms with E-state index in [1.807, 2.05) is 45.0 Å². The SMILES string of the molecule is CCCNC(=O)CN(CCC)C(=O)C(C)SCC(=O)Nc1ccc(C)cc1. The highest BCUT2D eigenvalue weighted by Crippen LogP contribution is 2.15. The van der Waals surface area contributed by atoms with Crippen molar-refractivity contribution >= 4 is 35.2 Å². The summed E-state index contributed by atoms with van der Waals surface area (Å²) in [6.45, 7) is 8.91. The van der Waals surface area contributed by atoms with Gasteiger partial charge in [0.1, 0.15) is 0 Å². The first kappa shape index (κ1) is 23.0. The van der Waals surface area contributed by atoms with Gasteiger partial charge in [-0.15, -0.1) is 11.8 Å². The van der Waals surface area contributed by atoms with Gasteiger partial charge >= 0.3 is 0 Å². The van der Waals surface area contributed by atoms with Crippen LogP contribution < -0.4 is 10.6 Å². The maximum atomic E-state index is 12.6. The Morgan fingerprint density at radius 3 is 2.33 bits per heavy atom. The topological polar surface area (TPSA) is 78.5 Å². The average molecular weight is 394 g/mol. The number of hydrogen-bond donors (Lipinski definition) is 2. The van der Waals surface area contributed by atoms with Crippen LogP contribution in [0.5, 0.6) is 0 Å². The third kappa shape index (κ3) is 8.95. The van der Waals surface area contributed by atoms with Gasteiger partial charge < -0.3 is 15.5 Å². The lowest BCUT2D eigenvalue weighted by Crippen LogP contribution is -2.44. The maximum Gasteiger partial charge on any atom is 0.239 e. The minimum absolute atomic E-state index is 0.0626. The molecule has 1 unspecified atom stereocenters. The molecule has 0 aliphatic carbocycles. The number of carbonyl (C=O) groups excluding carboxylic acids is 3. The van der Waals surface area contributed by atoms with Crippen LogP contribution in [0.25, 0.3) is 0 Å². The predicted molar refractivity (Wildman–Crippen MR) is 112 cm³/mol. The van der Waals surface area contributed by atoms with Gasteiger partial charge in [-0.25, -0.2) is 0 Å². The molecule has 0 radical (unpaired) electrons. The smallest absolute Gasteiger partial charge is 0.239 e. The van der Waals surface area contributed by atoms with E-state index in [-0.39, 0.29) is 35.3 Å². The Morgan fingerprint density at radius 1 is 1.07 bits per heavy atom. The van der Waals surface area contributed by atoms with Crippen LogP contribution >= 0.6 is 11.8 Å². The quantitative estimate of drug-likeness (QED) is 0.606. The minimum atomic E-state index is -0.390. The molecular formula is C20H31N3O3S. The zero-order valence-electron chi connectivity index (χ0n) is 16.7. The van der Waals surface area contributed by atoms with Gasteiger partial charge in [0.05, 0.1) is 17.5 Å². The summed E-state index contributed by atoms with van der Waals surface area (Å²) in [5.41, 5.74) is 1.87. The molecule has 27 heavy (non-hydrogen) atoms. The molecule has 6 nitrogen and oxygen atoms in total. The molecule has 150 valence electrons. The number of benzene rings is 1. The van der Waals surface area contributed by atoms with Gasteiger partial charge in [-0.05, 0) is 38.8 Å². The molecule has 1 atom stereocenters. The first-order chi connectivity index (χ1) is 12.9. The summed E-state index contributed by atoms with van der Waals surface area (Å²) < 4.78 is 0. The van der Waals surface area contributed by atoms with Crippen molar-refractivity contribution in [3.05, 3.63) is 29.8 Å². The van der Waals surface area contributed by atoms with Crippen molar-refractivity contribution in [1.29, 1.82) is 0 Å². The molecule has 0 saturated carbocycles. The van der Waals surface area contributed by atoms with Crippen LogP contribution in [0, 0.1) is 6.92 Å². The van der Waals surface area contributed by atoms with Crippen molar-refractivity contribution in [3.63, 3.8) is 0 Å². The third-order valence-electron chi connectivity index (χ3n) is 3.86. The number of aryl methyl sites for hydroxylation is 1. The molecule has 1 aromatic carbocycles. The summed E-state index contributed by atoms with van der Waals surface area (Å²) in [7, 11) is 0. The maximum absolute atomic E-state index is 12.6. The van der Waals surface area contributed by atoms with Gasteiger partial charge in [0.25, 0.3) is 0 Å². The monoisotopic (exact) mass is 393 g/mol. The number of thioether (sulfide) groups is 1. The Morgan fingerprint density at radius 2 is 1.74 bits per heavy atom. The zero-order chi connectivity index (χ0) is 20.2. The van der Waals surface area contributed by atoms with E-state index < -0.39 is 0 Å². The molecule has 0 aliphatic rings. The van der Waals surface area contributed by atoms with Crippen molar-refractivity contribution in [2.75, 3.05) is 30.7 Å². The summed E-state index contributed by atoms with van der Waals surface area (Å²) in [6.07, 6.45) is 1.63. The van der Waals surface area contributed by atoms with Gasteiger partial charge in [-0.2, -0.15) is 0 Å². The number of nitrogens with one attached hydrogen (secondary N) is 2. The Bertz CT molecular complexity index is 619. The number of amides is 3. The minimum Gasteiger partial charge on any atom is -0.355 e. The molecular weight excluding hydrogens is 362 g/mol. The molecule has 0 saturated heterocycles. The molecule has 1 rings (SSSR count).